The monoisotopic (exact) mass is 204 g/mol. The van der Waals surface area contributed by atoms with Crippen LogP contribution in [0.25, 0.3) is 0 Å². The molecule has 0 radical (unpaired) electrons. The zero-order valence-corrected chi connectivity index (χ0v) is 7.64. The highest BCUT2D eigenvalue weighted by Gasteiger charge is 1.83. The van der Waals surface area contributed by atoms with Gasteiger partial charge in [0.2, 0.25) is 0 Å². The summed E-state index contributed by atoms with van der Waals surface area (Å²) in [6.45, 7) is 0. The van der Waals surface area contributed by atoms with Gasteiger partial charge < -0.3 is 0 Å². The van der Waals surface area contributed by atoms with Gasteiger partial charge in [-0.3, -0.25) is 4.79 Å². The molecule has 2 heteroatoms. The number of carbonyl (C=O) groups is 1. The van der Waals surface area contributed by atoms with E-state index < -0.39 is 0 Å². The molecule has 0 aliphatic carbocycles. The summed E-state index contributed by atoms with van der Waals surface area (Å²) < 4.78 is 0. The maximum absolute atomic E-state index is 9.80. The minimum Gasteiger partial charge on any atom is -0.299 e. The lowest BCUT2D eigenvalue weighted by Crippen LogP contribution is -1.75. The van der Waals surface area contributed by atoms with Gasteiger partial charge in [-0.05, 0) is 25.3 Å². The first-order valence-electron chi connectivity index (χ1n) is 3.58. The smallest absolute Gasteiger partial charge is 0.142 e. The van der Waals surface area contributed by atoms with Gasteiger partial charge in [0, 0.05) is 5.33 Å². The van der Waals surface area contributed by atoms with E-state index in [4.69, 9.17) is 0 Å². The Bertz CT molecular complexity index is 99.4. The summed E-state index contributed by atoms with van der Waals surface area (Å²) >= 11 is 3.36. The number of halogens is 1. The maximum Gasteiger partial charge on any atom is 0.142 e. The lowest BCUT2D eigenvalue weighted by atomic mass is 10.2. The largest absolute Gasteiger partial charge is 0.299 e. The predicted octanol–water partition coefficient (Wildman–Crippen LogP) is 2.70. The van der Waals surface area contributed by atoms with Crippen LogP contribution in [-0.4, -0.2) is 11.6 Å². The van der Waals surface area contributed by atoms with Gasteiger partial charge in [-0.2, -0.15) is 0 Å². The molecule has 0 N–H and O–H groups in total. The van der Waals surface area contributed by atoms with E-state index in [1.165, 1.54) is 19.3 Å². The summed E-state index contributed by atoms with van der Waals surface area (Å²) in [5, 5.41) is 1.09. The Kier molecular flexibility index (Phi) is 8.79. The highest BCUT2D eigenvalue weighted by molar-refractivity contribution is 9.09. The van der Waals surface area contributed by atoms with Gasteiger partial charge in [-0.15, -0.1) is 0 Å². The second-order valence-corrected chi connectivity index (χ2v) is 2.90. The molecule has 0 aromatic carbocycles. The first-order chi connectivity index (χ1) is 4.91. The predicted molar refractivity (Wildman–Crippen MR) is 47.5 cm³/mol. The fraction of sp³-hybridized carbons (Fsp3) is 0.625. The molecule has 0 unspecified atom stereocenters. The Morgan fingerprint density at radius 3 is 2.60 bits per heavy atom. The Hall–Kier alpha value is -0.110. The Labute approximate surface area is 70.6 Å². The number of rotatable bonds is 6. The van der Waals surface area contributed by atoms with Crippen LogP contribution >= 0.6 is 15.9 Å². The van der Waals surface area contributed by atoms with Crippen LogP contribution in [0.3, 0.4) is 0 Å². The van der Waals surface area contributed by atoms with Crippen LogP contribution in [0.15, 0.2) is 12.2 Å². The highest BCUT2D eigenvalue weighted by Crippen LogP contribution is 2.01. The molecule has 0 atom stereocenters. The molecule has 0 aromatic heterocycles. The van der Waals surface area contributed by atoms with Crippen LogP contribution in [0, 0.1) is 0 Å². The number of hydrogen-bond donors (Lipinski definition) is 0. The highest BCUT2D eigenvalue weighted by atomic mass is 79.9. The summed E-state index contributed by atoms with van der Waals surface area (Å²) in [5.41, 5.74) is 0. The van der Waals surface area contributed by atoms with E-state index in [0.29, 0.717) is 0 Å². The van der Waals surface area contributed by atoms with E-state index in [1.54, 1.807) is 6.08 Å². The van der Waals surface area contributed by atoms with Crippen molar-refractivity contribution in [2.45, 2.75) is 25.7 Å². The number of unbranched alkanes of at least 4 members (excludes halogenated alkanes) is 3. The third-order valence-electron chi connectivity index (χ3n) is 1.22. The fourth-order valence-corrected chi connectivity index (χ4v) is 1.08. The molecule has 0 amide bonds. The summed E-state index contributed by atoms with van der Waals surface area (Å²) in [4.78, 5) is 9.80. The molecular weight excluding hydrogens is 192 g/mol. The molecule has 1 nitrogen and oxygen atoms in total. The molecule has 58 valence electrons. The Morgan fingerprint density at radius 1 is 1.20 bits per heavy atom. The van der Waals surface area contributed by atoms with Crippen molar-refractivity contribution in [2.24, 2.45) is 0 Å². The second-order valence-electron chi connectivity index (χ2n) is 2.10. The Balaban J connectivity index is 2.90. The maximum atomic E-state index is 9.80. The normalized spacial score (nSPS) is 10.5. The van der Waals surface area contributed by atoms with Crippen molar-refractivity contribution in [2.75, 3.05) is 5.33 Å². The van der Waals surface area contributed by atoms with Crippen molar-refractivity contribution < 1.29 is 4.79 Å². The molecule has 0 rings (SSSR count). The zero-order valence-electron chi connectivity index (χ0n) is 6.05. The van der Waals surface area contributed by atoms with Crippen LogP contribution in [0.4, 0.5) is 0 Å². The molecule has 0 aliphatic rings. The number of hydrogen-bond acceptors (Lipinski definition) is 1. The first kappa shape index (κ1) is 9.89. The summed E-state index contributed by atoms with van der Waals surface area (Å²) in [7, 11) is 0. The third-order valence-corrected chi connectivity index (χ3v) is 1.78. The summed E-state index contributed by atoms with van der Waals surface area (Å²) in [5.74, 6) is 0. The average Bonchev–Trinajstić information content (AvgIpc) is 1.97. The van der Waals surface area contributed by atoms with E-state index in [2.05, 4.69) is 15.9 Å². The van der Waals surface area contributed by atoms with Gasteiger partial charge in [-0.25, -0.2) is 0 Å². The van der Waals surface area contributed by atoms with Gasteiger partial charge in [0.1, 0.15) is 6.29 Å². The van der Waals surface area contributed by atoms with Crippen molar-refractivity contribution in [1.82, 2.24) is 0 Å². The molecule has 0 heterocycles. The lowest BCUT2D eigenvalue weighted by Gasteiger charge is -1.91. The van der Waals surface area contributed by atoms with Gasteiger partial charge in [0.25, 0.3) is 0 Å². The third kappa shape index (κ3) is 7.89. The van der Waals surface area contributed by atoms with Crippen molar-refractivity contribution >= 4 is 22.2 Å². The van der Waals surface area contributed by atoms with Gasteiger partial charge in [0.05, 0.1) is 0 Å². The van der Waals surface area contributed by atoms with Crippen LogP contribution in [0.5, 0.6) is 0 Å². The van der Waals surface area contributed by atoms with Gasteiger partial charge in [-0.1, -0.05) is 28.4 Å². The number of alkyl halides is 1. The Morgan fingerprint density at radius 2 is 2.00 bits per heavy atom. The molecule has 10 heavy (non-hydrogen) atoms. The summed E-state index contributed by atoms with van der Waals surface area (Å²) in [6.07, 6.45) is 9.00. The zero-order chi connectivity index (χ0) is 7.66. The van der Waals surface area contributed by atoms with Gasteiger partial charge in [0.15, 0.2) is 0 Å². The molecule has 0 bridgehead atoms. The van der Waals surface area contributed by atoms with Crippen LogP contribution in [0.2, 0.25) is 0 Å². The average molecular weight is 205 g/mol. The first-order valence-corrected chi connectivity index (χ1v) is 4.70. The number of allylic oxidation sites excluding steroid dienone is 2. The SMILES string of the molecule is O=C/C=C\CCCCCBr. The van der Waals surface area contributed by atoms with E-state index in [1.807, 2.05) is 6.08 Å². The van der Waals surface area contributed by atoms with Crippen molar-refractivity contribution in [1.29, 1.82) is 0 Å². The minimum atomic E-state index is 0.824. The van der Waals surface area contributed by atoms with E-state index in [0.717, 1.165) is 18.0 Å². The minimum absolute atomic E-state index is 0.824. The fourth-order valence-electron chi connectivity index (χ4n) is 0.685. The van der Waals surface area contributed by atoms with Crippen LogP contribution in [0.1, 0.15) is 25.7 Å². The van der Waals surface area contributed by atoms with Crippen molar-refractivity contribution in [3.05, 3.63) is 12.2 Å². The molecule has 0 aliphatic heterocycles. The molecule has 0 spiro atoms. The molecule has 0 saturated carbocycles. The quantitative estimate of drug-likeness (QED) is 0.282. The van der Waals surface area contributed by atoms with E-state index >= 15 is 0 Å². The molecule has 0 saturated heterocycles. The van der Waals surface area contributed by atoms with Crippen molar-refractivity contribution in [3.63, 3.8) is 0 Å². The lowest BCUT2D eigenvalue weighted by molar-refractivity contribution is -0.104. The molecule has 0 aromatic rings. The number of carbonyl (C=O) groups excluding carboxylic acids is 1. The molecular formula is C8H13BrO. The van der Waals surface area contributed by atoms with Crippen molar-refractivity contribution in [3.8, 4) is 0 Å². The van der Waals surface area contributed by atoms with E-state index in [-0.39, 0.29) is 0 Å². The second kappa shape index (κ2) is 8.89. The molecule has 0 fully saturated rings. The van der Waals surface area contributed by atoms with Crippen LogP contribution in [-0.2, 0) is 4.79 Å². The topological polar surface area (TPSA) is 17.1 Å². The standard InChI is InChI=1S/C8H13BrO/c9-7-5-3-1-2-4-6-8-10/h4,6,8H,1-3,5,7H2/b6-4-. The summed E-state index contributed by atoms with van der Waals surface area (Å²) in [6, 6.07) is 0. The van der Waals surface area contributed by atoms with E-state index in [9.17, 15) is 4.79 Å². The number of aldehydes is 1. The van der Waals surface area contributed by atoms with Gasteiger partial charge >= 0.3 is 0 Å². The van der Waals surface area contributed by atoms with Crippen LogP contribution < -0.4 is 0 Å².